The number of fused-ring (bicyclic) bond motifs is 1. The molecule has 1 aromatic carbocycles. The summed E-state index contributed by atoms with van der Waals surface area (Å²) < 4.78 is 16.2. The van der Waals surface area contributed by atoms with E-state index in [1.165, 1.54) is 0 Å². The fourth-order valence-electron chi connectivity index (χ4n) is 2.20. The van der Waals surface area contributed by atoms with E-state index in [0.717, 1.165) is 5.56 Å². The third-order valence-electron chi connectivity index (χ3n) is 3.27. The van der Waals surface area contributed by atoms with Crippen LogP contribution in [0.5, 0.6) is 17.4 Å². The van der Waals surface area contributed by atoms with Gasteiger partial charge in [-0.05, 0) is 38.1 Å². The number of ether oxygens (including phenoxy) is 3. The van der Waals surface area contributed by atoms with Gasteiger partial charge in [-0.1, -0.05) is 6.07 Å². The number of pyridine rings is 1. The van der Waals surface area contributed by atoms with Gasteiger partial charge in [0.05, 0.1) is 6.10 Å². The van der Waals surface area contributed by atoms with Gasteiger partial charge in [0.1, 0.15) is 0 Å². The molecule has 0 fully saturated rings. The predicted octanol–water partition coefficient (Wildman–Crippen LogP) is 2.53. The quantitative estimate of drug-likeness (QED) is 0.918. The number of hydrogen-bond donors (Lipinski definition) is 1. The van der Waals surface area contributed by atoms with Crippen LogP contribution in [0.25, 0.3) is 0 Å². The lowest BCUT2D eigenvalue weighted by Gasteiger charge is -2.13. The lowest BCUT2D eigenvalue weighted by molar-refractivity contribution is 0.0950. The molecule has 23 heavy (non-hydrogen) atoms. The molecule has 2 aromatic rings. The van der Waals surface area contributed by atoms with Crippen LogP contribution in [-0.2, 0) is 6.54 Å². The number of carbonyl (C=O) groups is 1. The molecule has 0 radical (unpaired) electrons. The molecule has 0 atom stereocenters. The fourth-order valence-corrected chi connectivity index (χ4v) is 2.20. The van der Waals surface area contributed by atoms with Gasteiger partial charge in [0.2, 0.25) is 12.7 Å². The first-order chi connectivity index (χ1) is 11.1. The first-order valence-electron chi connectivity index (χ1n) is 7.42. The predicted molar refractivity (Wildman–Crippen MR) is 83.7 cm³/mol. The fraction of sp³-hybridized carbons (Fsp3) is 0.294. The molecule has 1 aromatic heterocycles. The number of nitrogens with one attached hydrogen (secondary N) is 1. The Hall–Kier alpha value is -2.76. The topological polar surface area (TPSA) is 69.7 Å². The van der Waals surface area contributed by atoms with E-state index in [2.05, 4.69) is 10.3 Å². The van der Waals surface area contributed by atoms with Crippen molar-refractivity contribution in [3.05, 3.63) is 47.7 Å². The van der Waals surface area contributed by atoms with E-state index >= 15 is 0 Å². The van der Waals surface area contributed by atoms with Crippen molar-refractivity contribution in [2.24, 2.45) is 0 Å². The highest BCUT2D eigenvalue weighted by Crippen LogP contribution is 2.32. The summed E-state index contributed by atoms with van der Waals surface area (Å²) in [5.74, 6) is 1.58. The van der Waals surface area contributed by atoms with Crippen molar-refractivity contribution in [3.8, 4) is 17.4 Å². The molecule has 3 rings (SSSR count). The monoisotopic (exact) mass is 314 g/mol. The van der Waals surface area contributed by atoms with Crippen LogP contribution in [0.4, 0.5) is 0 Å². The summed E-state index contributed by atoms with van der Waals surface area (Å²) in [7, 11) is 0. The summed E-state index contributed by atoms with van der Waals surface area (Å²) in [6, 6.07) is 8.80. The number of benzene rings is 1. The molecule has 0 unspecified atom stereocenters. The first kappa shape index (κ1) is 15.1. The summed E-state index contributed by atoms with van der Waals surface area (Å²) in [4.78, 5) is 16.5. The van der Waals surface area contributed by atoms with Crippen LogP contribution in [0.3, 0.4) is 0 Å². The SMILES string of the molecule is CC(C)Oc1ncccc1CNC(=O)c1ccc2c(c1)OCO2. The summed E-state index contributed by atoms with van der Waals surface area (Å²) in [5.41, 5.74) is 1.35. The van der Waals surface area contributed by atoms with Crippen LogP contribution in [0, 0.1) is 0 Å². The van der Waals surface area contributed by atoms with Gasteiger partial charge in [-0.15, -0.1) is 0 Å². The minimum absolute atomic E-state index is 0.0215. The van der Waals surface area contributed by atoms with Gasteiger partial charge < -0.3 is 19.5 Å². The normalized spacial score (nSPS) is 12.3. The van der Waals surface area contributed by atoms with Crippen LogP contribution in [0.2, 0.25) is 0 Å². The minimum Gasteiger partial charge on any atom is -0.475 e. The maximum absolute atomic E-state index is 12.3. The van der Waals surface area contributed by atoms with E-state index in [4.69, 9.17) is 14.2 Å². The molecule has 6 nitrogen and oxygen atoms in total. The van der Waals surface area contributed by atoms with Crippen LogP contribution in [0.1, 0.15) is 29.8 Å². The highest BCUT2D eigenvalue weighted by Gasteiger charge is 2.16. The number of hydrogen-bond acceptors (Lipinski definition) is 5. The van der Waals surface area contributed by atoms with Gasteiger partial charge in [0, 0.05) is 23.9 Å². The van der Waals surface area contributed by atoms with Gasteiger partial charge in [0.15, 0.2) is 11.5 Å². The van der Waals surface area contributed by atoms with Crippen LogP contribution in [0.15, 0.2) is 36.5 Å². The smallest absolute Gasteiger partial charge is 0.251 e. The highest BCUT2D eigenvalue weighted by molar-refractivity contribution is 5.94. The molecule has 1 aliphatic rings. The first-order valence-corrected chi connectivity index (χ1v) is 7.42. The average molecular weight is 314 g/mol. The van der Waals surface area contributed by atoms with Crippen molar-refractivity contribution in [1.82, 2.24) is 10.3 Å². The number of rotatable bonds is 5. The summed E-state index contributed by atoms with van der Waals surface area (Å²) >= 11 is 0. The Kier molecular flexibility index (Phi) is 4.32. The Labute approximate surface area is 134 Å². The average Bonchev–Trinajstić information content (AvgIpc) is 3.00. The third-order valence-corrected chi connectivity index (χ3v) is 3.27. The van der Waals surface area contributed by atoms with Crippen molar-refractivity contribution in [3.63, 3.8) is 0 Å². The molecule has 0 saturated heterocycles. The maximum Gasteiger partial charge on any atom is 0.251 e. The Morgan fingerprint density at radius 1 is 1.30 bits per heavy atom. The second-order valence-electron chi connectivity index (χ2n) is 5.39. The van der Waals surface area contributed by atoms with Gasteiger partial charge in [-0.3, -0.25) is 4.79 Å². The minimum atomic E-state index is -0.192. The standard InChI is InChI=1S/C17H18N2O4/c1-11(2)23-17-13(4-3-7-18-17)9-19-16(20)12-5-6-14-15(8-12)22-10-21-14/h3-8,11H,9-10H2,1-2H3,(H,19,20). The zero-order chi connectivity index (χ0) is 16.2. The van der Waals surface area contributed by atoms with Crippen molar-refractivity contribution < 1.29 is 19.0 Å². The summed E-state index contributed by atoms with van der Waals surface area (Å²) in [6.07, 6.45) is 1.69. The van der Waals surface area contributed by atoms with Gasteiger partial charge >= 0.3 is 0 Å². The molecular weight excluding hydrogens is 296 g/mol. The van der Waals surface area contributed by atoms with E-state index in [0.29, 0.717) is 29.5 Å². The number of nitrogens with zero attached hydrogens (tertiary/aromatic N) is 1. The zero-order valence-corrected chi connectivity index (χ0v) is 13.0. The molecule has 1 aliphatic heterocycles. The highest BCUT2D eigenvalue weighted by atomic mass is 16.7. The lowest BCUT2D eigenvalue weighted by Crippen LogP contribution is -2.23. The molecule has 0 spiro atoms. The summed E-state index contributed by atoms with van der Waals surface area (Å²) in [5, 5.41) is 2.86. The van der Waals surface area contributed by atoms with E-state index in [1.54, 1.807) is 24.4 Å². The zero-order valence-electron chi connectivity index (χ0n) is 13.0. The molecule has 6 heteroatoms. The number of carbonyl (C=O) groups excluding carboxylic acids is 1. The van der Waals surface area contributed by atoms with E-state index in [-0.39, 0.29) is 18.8 Å². The second kappa shape index (κ2) is 6.56. The molecular formula is C17H18N2O4. The van der Waals surface area contributed by atoms with Gasteiger partial charge in [-0.2, -0.15) is 0 Å². The Balaban J connectivity index is 1.67. The molecule has 0 aliphatic carbocycles. The molecule has 0 bridgehead atoms. The van der Waals surface area contributed by atoms with Crippen molar-refractivity contribution >= 4 is 5.91 Å². The van der Waals surface area contributed by atoms with Crippen LogP contribution in [-0.4, -0.2) is 23.8 Å². The molecule has 2 heterocycles. The molecule has 120 valence electrons. The van der Waals surface area contributed by atoms with Crippen LogP contribution < -0.4 is 19.5 Å². The number of aromatic nitrogens is 1. The van der Waals surface area contributed by atoms with Crippen molar-refractivity contribution in [2.75, 3.05) is 6.79 Å². The Morgan fingerprint density at radius 2 is 2.13 bits per heavy atom. The van der Waals surface area contributed by atoms with E-state index < -0.39 is 0 Å². The van der Waals surface area contributed by atoms with Crippen LogP contribution >= 0.6 is 0 Å². The van der Waals surface area contributed by atoms with Crippen molar-refractivity contribution in [2.45, 2.75) is 26.5 Å². The van der Waals surface area contributed by atoms with E-state index in [9.17, 15) is 4.79 Å². The Morgan fingerprint density at radius 3 is 2.96 bits per heavy atom. The third kappa shape index (κ3) is 3.53. The molecule has 0 saturated carbocycles. The molecule has 1 amide bonds. The molecule has 1 N–H and O–H groups in total. The van der Waals surface area contributed by atoms with Gasteiger partial charge in [-0.25, -0.2) is 4.98 Å². The lowest BCUT2D eigenvalue weighted by atomic mass is 10.2. The maximum atomic E-state index is 12.3. The second-order valence-corrected chi connectivity index (χ2v) is 5.39. The van der Waals surface area contributed by atoms with E-state index in [1.807, 2.05) is 26.0 Å². The van der Waals surface area contributed by atoms with Crippen molar-refractivity contribution in [1.29, 1.82) is 0 Å². The summed E-state index contributed by atoms with van der Waals surface area (Å²) in [6.45, 7) is 4.39. The Bertz CT molecular complexity index is 715. The van der Waals surface area contributed by atoms with Gasteiger partial charge in [0.25, 0.3) is 5.91 Å². The largest absolute Gasteiger partial charge is 0.475 e. The number of amides is 1.